The fourth-order valence-electron chi connectivity index (χ4n) is 1.38. The summed E-state index contributed by atoms with van der Waals surface area (Å²) in [6.07, 6.45) is 2.65. The molecule has 1 heterocycles. The normalized spacial score (nSPS) is 14.2. The first-order valence-electron chi connectivity index (χ1n) is 3.74. The number of hydrogen-bond donors (Lipinski definition) is 2. The third kappa shape index (κ3) is 0.845. The lowest BCUT2D eigenvalue weighted by atomic mass is 10.2. The van der Waals surface area contributed by atoms with Gasteiger partial charge in [-0.1, -0.05) is 6.08 Å². The monoisotopic (exact) mass is 163 g/mol. The average molecular weight is 163 g/mol. The largest absolute Gasteiger partial charge is 0.369 e. The Balaban J connectivity index is 2.75. The molecule has 0 aliphatic heterocycles. The topological polar surface area (TPSA) is 71.8 Å². The van der Waals surface area contributed by atoms with Crippen molar-refractivity contribution in [3.8, 4) is 0 Å². The molecule has 0 unspecified atom stereocenters. The molecule has 0 fully saturated rings. The zero-order valence-corrected chi connectivity index (χ0v) is 6.72. The Hall–Kier alpha value is -1.58. The van der Waals surface area contributed by atoms with Gasteiger partial charge < -0.3 is 5.73 Å². The quantitative estimate of drug-likeness (QED) is 0.578. The summed E-state index contributed by atoms with van der Waals surface area (Å²) in [5.74, 6) is 0.188. The molecule has 4 nitrogen and oxygen atoms in total. The van der Waals surface area contributed by atoms with Crippen LogP contribution in [0.1, 0.15) is 18.2 Å². The van der Waals surface area contributed by atoms with Gasteiger partial charge in [-0.3, -0.25) is 9.78 Å². The van der Waals surface area contributed by atoms with E-state index >= 15 is 0 Å². The summed E-state index contributed by atoms with van der Waals surface area (Å²) in [4.78, 5) is 17.8. The molecule has 12 heavy (non-hydrogen) atoms. The van der Waals surface area contributed by atoms with Gasteiger partial charge >= 0.3 is 0 Å². The predicted molar refractivity (Wildman–Crippen MR) is 46.6 cm³/mol. The lowest BCUT2D eigenvalue weighted by molar-refractivity contribution is 1.06. The van der Waals surface area contributed by atoms with Crippen molar-refractivity contribution in [3.63, 3.8) is 0 Å². The summed E-state index contributed by atoms with van der Waals surface area (Å²) in [7, 11) is 0. The van der Waals surface area contributed by atoms with Gasteiger partial charge in [-0.05, 0) is 18.9 Å². The second kappa shape index (κ2) is 2.20. The van der Waals surface area contributed by atoms with Crippen LogP contribution in [0.15, 0.2) is 10.9 Å². The standard InChI is InChI=1S/C8H9N3O/c1-4-2-3-5-6(4)10-8(9)11-7(5)12/h2H,3H2,1H3,(H3,9,10,11,12). The van der Waals surface area contributed by atoms with E-state index in [1.165, 1.54) is 0 Å². The number of nitrogens with one attached hydrogen (secondary N) is 1. The average Bonchev–Trinajstić information content (AvgIpc) is 2.33. The van der Waals surface area contributed by atoms with Crippen molar-refractivity contribution in [2.24, 2.45) is 0 Å². The molecule has 0 bridgehead atoms. The molecule has 0 amide bonds. The van der Waals surface area contributed by atoms with Gasteiger partial charge in [0, 0.05) is 5.56 Å². The van der Waals surface area contributed by atoms with Crippen molar-refractivity contribution in [1.29, 1.82) is 0 Å². The summed E-state index contributed by atoms with van der Waals surface area (Å²) in [6, 6.07) is 0. The number of H-pyrrole nitrogens is 1. The lowest BCUT2D eigenvalue weighted by Gasteiger charge is -1.99. The minimum atomic E-state index is -0.120. The van der Waals surface area contributed by atoms with Crippen LogP contribution in [-0.2, 0) is 6.42 Å². The van der Waals surface area contributed by atoms with Crippen LogP contribution < -0.4 is 11.3 Å². The van der Waals surface area contributed by atoms with Crippen molar-refractivity contribution in [1.82, 2.24) is 9.97 Å². The summed E-state index contributed by atoms with van der Waals surface area (Å²) in [6.45, 7) is 1.93. The zero-order chi connectivity index (χ0) is 8.72. The Kier molecular flexibility index (Phi) is 1.30. The number of nitrogen functional groups attached to an aromatic ring is 1. The van der Waals surface area contributed by atoms with Crippen molar-refractivity contribution in [2.45, 2.75) is 13.3 Å². The van der Waals surface area contributed by atoms with Crippen molar-refractivity contribution in [2.75, 3.05) is 5.73 Å². The van der Waals surface area contributed by atoms with E-state index in [1.807, 2.05) is 13.0 Å². The minimum Gasteiger partial charge on any atom is -0.369 e. The van der Waals surface area contributed by atoms with Gasteiger partial charge in [0.2, 0.25) is 5.95 Å². The molecule has 0 spiro atoms. The van der Waals surface area contributed by atoms with E-state index in [0.29, 0.717) is 6.42 Å². The molecule has 0 aromatic carbocycles. The lowest BCUT2D eigenvalue weighted by Crippen LogP contribution is -2.16. The predicted octanol–water partition coefficient (Wildman–Crippen LogP) is 0.312. The van der Waals surface area contributed by atoms with Crippen LogP contribution >= 0.6 is 0 Å². The SMILES string of the molecule is CC1=CCc2c1nc(N)[nH]c2=O. The van der Waals surface area contributed by atoms with Gasteiger partial charge in [0.1, 0.15) is 0 Å². The van der Waals surface area contributed by atoms with Gasteiger partial charge in [0.05, 0.1) is 5.69 Å². The Morgan fingerprint density at radius 3 is 3.17 bits per heavy atom. The molecule has 0 saturated carbocycles. The molecule has 4 heteroatoms. The Labute approximate surface area is 69.1 Å². The summed E-state index contributed by atoms with van der Waals surface area (Å²) in [5.41, 5.74) is 7.78. The third-order valence-electron chi connectivity index (χ3n) is 2.02. The summed E-state index contributed by atoms with van der Waals surface area (Å²) in [5, 5.41) is 0. The number of nitrogens with two attached hydrogens (primary N) is 1. The van der Waals surface area contributed by atoms with E-state index in [9.17, 15) is 4.79 Å². The highest BCUT2D eigenvalue weighted by atomic mass is 16.1. The van der Waals surface area contributed by atoms with E-state index in [4.69, 9.17) is 5.73 Å². The van der Waals surface area contributed by atoms with Crippen molar-refractivity contribution >= 4 is 11.5 Å². The number of fused-ring (bicyclic) bond motifs is 1. The molecule has 0 saturated heterocycles. The molecule has 2 rings (SSSR count). The molecule has 0 atom stereocenters. The van der Waals surface area contributed by atoms with Gasteiger partial charge in [0.15, 0.2) is 0 Å². The maximum atomic E-state index is 11.3. The molecule has 0 radical (unpaired) electrons. The first-order valence-corrected chi connectivity index (χ1v) is 3.74. The maximum Gasteiger partial charge on any atom is 0.256 e. The van der Waals surface area contributed by atoms with Crippen LogP contribution in [0.4, 0.5) is 5.95 Å². The summed E-state index contributed by atoms with van der Waals surface area (Å²) < 4.78 is 0. The smallest absolute Gasteiger partial charge is 0.256 e. The molecule has 1 aromatic heterocycles. The van der Waals surface area contributed by atoms with E-state index in [0.717, 1.165) is 16.8 Å². The molecule has 3 N–H and O–H groups in total. The number of aromatic nitrogens is 2. The van der Waals surface area contributed by atoms with Crippen molar-refractivity contribution < 1.29 is 0 Å². The van der Waals surface area contributed by atoms with Crippen LogP contribution in [0, 0.1) is 0 Å². The zero-order valence-electron chi connectivity index (χ0n) is 6.72. The minimum absolute atomic E-state index is 0.120. The highest BCUT2D eigenvalue weighted by Crippen LogP contribution is 2.21. The molecule has 1 aliphatic rings. The second-order valence-electron chi connectivity index (χ2n) is 2.87. The molecule has 1 aliphatic carbocycles. The van der Waals surface area contributed by atoms with E-state index in [-0.39, 0.29) is 11.5 Å². The van der Waals surface area contributed by atoms with Crippen LogP contribution in [0.25, 0.3) is 5.57 Å². The van der Waals surface area contributed by atoms with Crippen LogP contribution in [-0.4, -0.2) is 9.97 Å². The first-order chi connectivity index (χ1) is 5.68. The number of allylic oxidation sites excluding steroid dienone is 2. The maximum absolute atomic E-state index is 11.3. The number of nitrogens with zero attached hydrogens (tertiary/aromatic N) is 1. The molecular weight excluding hydrogens is 154 g/mol. The van der Waals surface area contributed by atoms with Gasteiger partial charge in [-0.25, -0.2) is 4.98 Å². The van der Waals surface area contributed by atoms with Crippen LogP contribution in [0.2, 0.25) is 0 Å². The fraction of sp³-hybridized carbons (Fsp3) is 0.250. The Bertz CT molecular complexity index is 417. The Morgan fingerprint density at radius 2 is 2.42 bits per heavy atom. The van der Waals surface area contributed by atoms with E-state index < -0.39 is 0 Å². The van der Waals surface area contributed by atoms with Gasteiger partial charge in [0.25, 0.3) is 5.56 Å². The highest BCUT2D eigenvalue weighted by Gasteiger charge is 2.15. The molecule has 1 aromatic rings. The first kappa shape index (κ1) is 7.09. The van der Waals surface area contributed by atoms with Crippen LogP contribution in [0.5, 0.6) is 0 Å². The molecule has 62 valence electrons. The fourth-order valence-corrected chi connectivity index (χ4v) is 1.38. The van der Waals surface area contributed by atoms with Gasteiger partial charge in [-0.15, -0.1) is 0 Å². The highest BCUT2D eigenvalue weighted by molar-refractivity contribution is 5.68. The van der Waals surface area contributed by atoms with Gasteiger partial charge in [-0.2, -0.15) is 0 Å². The molecular formula is C8H9N3O. The third-order valence-corrected chi connectivity index (χ3v) is 2.02. The van der Waals surface area contributed by atoms with Crippen molar-refractivity contribution in [3.05, 3.63) is 27.7 Å². The number of rotatable bonds is 0. The van der Waals surface area contributed by atoms with Crippen LogP contribution in [0.3, 0.4) is 0 Å². The number of aromatic amines is 1. The Morgan fingerprint density at radius 1 is 1.67 bits per heavy atom. The summed E-state index contributed by atoms with van der Waals surface area (Å²) >= 11 is 0. The number of anilines is 1. The second-order valence-corrected chi connectivity index (χ2v) is 2.87. The van der Waals surface area contributed by atoms with E-state index in [2.05, 4.69) is 9.97 Å². The number of hydrogen-bond acceptors (Lipinski definition) is 3. The van der Waals surface area contributed by atoms with E-state index in [1.54, 1.807) is 0 Å².